The molecule has 0 unspecified atom stereocenters. The monoisotopic (exact) mass is 392 g/mol. The molecule has 1 aromatic carbocycles. The summed E-state index contributed by atoms with van der Waals surface area (Å²) in [5, 5.41) is 3.26. The average molecular weight is 392 g/mol. The van der Waals surface area contributed by atoms with Crippen molar-refractivity contribution in [3.63, 3.8) is 0 Å². The number of benzene rings is 1. The fourth-order valence-electron chi connectivity index (χ4n) is 3.53. The quantitative estimate of drug-likeness (QED) is 0.650. The Hall–Kier alpha value is -2.97. The summed E-state index contributed by atoms with van der Waals surface area (Å²) in [6.45, 7) is 0. The number of pyridine rings is 1. The molecule has 0 radical (unpaired) electrons. The van der Waals surface area contributed by atoms with Gasteiger partial charge in [-0.2, -0.15) is 18.2 Å². The number of rotatable bonds is 3. The van der Waals surface area contributed by atoms with Crippen LogP contribution >= 0.6 is 0 Å². The van der Waals surface area contributed by atoms with Gasteiger partial charge in [0.1, 0.15) is 11.5 Å². The topological polar surface area (TPSA) is 59.8 Å². The summed E-state index contributed by atoms with van der Waals surface area (Å²) < 4.78 is 53.8. The van der Waals surface area contributed by atoms with Crippen molar-refractivity contribution in [3.05, 3.63) is 58.3 Å². The van der Waals surface area contributed by atoms with Crippen molar-refractivity contribution < 1.29 is 17.6 Å². The maximum absolute atomic E-state index is 14.1. The lowest BCUT2D eigenvalue weighted by Gasteiger charge is -2.16. The molecule has 1 saturated carbocycles. The van der Waals surface area contributed by atoms with Crippen molar-refractivity contribution >= 4 is 22.7 Å². The largest absolute Gasteiger partial charge is 0.416 e. The van der Waals surface area contributed by atoms with Gasteiger partial charge in [-0.15, -0.1) is 0 Å². The molecule has 2 heterocycles. The van der Waals surface area contributed by atoms with Crippen molar-refractivity contribution in [2.24, 2.45) is 0 Å². The van der Waals surface area contributed by atoms with Gasteiger partial charge in [0, 0.05) is 23.7 Å². The molecule has 0 saturated heterocycles. The van der Waals surface area contributed by atoms with Crippen LogP contribution < -0.4 is 10.9 Å². The molecular weight excluding hydrogens is 376 g/mol. The molecule has 5 nitrogen and oxygen atoms in total. The summed E-state index contributed by atoms with van der Waals surface area (Å²) in [7, 11) is 0. The van der Waals surface area contributed by atoms with E-state index < -0.39 is 17.6 Å². The number of anilines is 2. The molecule has 146 valence electrons. The van der Waals surface area contributed by atoms with Crippen LogP contribution in [0.1, 0.15) is 37.3 Å². The highest BCUT2D eigenvalue weighted by molar-refractivity contribution is 5.75. The van der Waals surface area contributed by atoms with Gasteiger partial charge in [-0.05, 0) is 37.1 Å². The first-order valence-electron chi connectivity index (χ1n) is 8.85. The van der Waals surface area contributed by atoms with Crippen LogP contribution in [0.4, 0.5) is 29.2 Å². The van der Waals surface area contributed by atoms with Crippen molar-refractivity contribution in [1.29, 1.82) is 0 Å². The van der Waals surface area contributed by atoms with Crippen molar-refractivity contribution in [2.45, 2.75) is 37.9 Å². The molecule has 3 aromatic rings. The summed E-state index contributed by atoms with van der Waals surface area (Å²) >= 11 is 0. The Kier molecular flexibility index (Phi) is 4.52. The maximum atomic E-state index is 14.1. The summed E-state index contributed by atoms with van der Waals surface area (Å²) in [4.78, 5) is 20.8. The lowest BCUT2D eigenvalue weighted by atomic mass is 10.2. The molecule has 1 fully saturated rings. The van der Waals surface area contributed by atoms with Gasteiger partial charge in [0.05, 0.1) is 11.3 Å². The second kappa shape index (κ2) is 6.88. The molecule has 4 rings (SSSR count). The Morgan fingerprint density at radius 3 is 2.54 bits per heavy atom. The van der Waals surface area contributed by atoms with E-state index in [0.29, 0.717) is 17.1 Å². The molecule has 0 bridgehead atoms. The van der Waals surface area contributed by atoms with Gasteiger partial charge >= 0.3 is 6.18 Å². The van der Waals surface area contributed by atoms with E-state index in [4.69, 9.17) is 0 Å². The highest BCUT2D eigenvalue weighted by Gasteiger charge is 2.31. The minimum absolute atomic E-state index is 0.00325. The van der Waals surface area contributed by atoms with Crippen molar-refractivity contribution in [1.82, 2.24) is 14.5 Å². The first-order valence-corrected chi connectivity index (χ1v) is 8.85. The first kappa shape index (κ1) is 18.4. The Morgan fingerprint density at radius 1 is 1.11 bits per heavy atom. The van der Waals surface area contributed by atoms with Crippen LogP contribution in [0.3, 0.4) is 0 Å². The molecule has 2 aromatic heterocycles. The number of alkyl halides is 3. The predicted octanol–water partition coefficient (Wildman–Crippen LogP) is 4.81. The molecule has 9 heteroatoms. The zero-order valence-corrected chi connectivity index (χ0v) is 14.6. The second-order valence-electron chi connectivity index (χ2n) is 6.77. The van der Waals surface area contributed by atoms with E-state index in [9.17, 15) is 22.4 Å². The Labute approximate surface area is 157 Å². The van der Waals surface area contributed by atoms with E-state index in [0.717, 1.165) is 37.8 Å². The molecule has 28 heavy (non-hydrogen) atoms. The van der Waals surface area contributed by atoms with Crippen LogP contribution in [0.5, 0.6) is 0 Å². The number of aromatic nitrogens is 3. The Morgan fingerprint density at radius 2 is 1.86 bits per heavy atom. The Bertz CT molecular complexity index is 1090. The number of hydrogen-bond acceptors (Lipinski definition) is 4. The smallest absolute Gasteiger partial charge is 0.322 e. The van der Waals surface area contributed by atoms with Gasteiger partial charge in [-0.25, -0.2) is 9.37 Å². The Balaban J connectivity index is 1.72. The van der Waals surface area contributed by atoms with Crippen molar-refractivity contribution in [3.8, 4) is 0 Å². The molecular formula is C19H16F4N4O. The van der Waals surface area contributed by atoms with Crippen LogP contribution in [0.2, 0.25) is 0 Å². The number of nitrogens with one attached hydrogen (secondary N) is 1. The van der Waals surface area contributed by atoms with E-state index >= 15 is 0 Å². The summed E-state index contributed by atoms with van der Waals surface area (Å²) in [5.74, 6) is -1.07. The minimum Gasteiger partial charge on any atom is -0.322 e. The van der Waals surface area contributed by atoms with Gasteiger partial charge in [0.15, 0.2) is 0 Å². The lowest BCUT2D eigenvalue weighted by molar-refractivity contribution is -0.137. The van der Waals surface area contributed by atoms with E-state index in [1.165, 1.54) is 12.3 Å². The molecule has 0 amide bonds. The normalized spacial score (nSPS) is 15.3. The highest BCUT2D eigenvalue weighted by atomic mass is 19.4. The van der Waals surface area contributed by atoms with Gasteiger partial charge < -0.3 is 5.32 Å². The van der Waals surface area contributed by atoms with E-state index in [2.05, 4.69) is 15.3 Å². The van der Waals surface area contributed by atoms with Crippen LogP contribution in [0.25, 0.3) is 11.0 Å². The number of halogens is 4. The third kappa shape index (κ3) is 3.44. The standard InChI is InChI=1S/C19H16F4N4O/c20-14-9-12(19(21,22)23)6-7-15(14)25-18-24-10-11-5-8-16(28)27(17(11)26-18)13-3-1-2-4-13/h5-10,13H,1-4H2,(H,24,25,26). The van der Waals surface area contributed by atoms with E-state index in [-0.39, 0.29) is 23.2 Å². The molecule has 0 atom stereocenters. The number of nitrogens with zero attached hydrogens (tertiary/aromatic N) is 3. The van der Waals surface area contributed by atoms with Crippen LogP contribution in [0.15, 0.2) is 41.3 Å². The van der Waals surface area contributed by atoms with E-state index in [1.54, 1.807) is 10.6 Å². The maximum Gasteiger partial charge on any atom is 0.416 e. The fourth-order valence-corrected chi connectivity index (χ4v) is 3.53. The molecule has 1 aliphatic rings. The SMILES string of the molecule is O=c1ccc2cnc(Nc3ccc(C(F)(F)F)cc3F)nc2n1C1CCCC1. The minimum atomic E-state index is -4.63. The van der Waals surface area contributed by atoms with Gasteiger partial charge in [-0.3, -0.25) is 9.36 Å². The highest BCUT2D eigenvalue weighted by Crippen LogP contribution is 2.32. The summed E-state index contributed by atoms with van der Waals surface area (Å²) in [6.07, 6.45) is 0.674. The van der Waals surface area contributed by atoms with Crippen LogP contribution in [-0.4, -0.2) is 14.5 Å². The summed E-state index contributed by atoms with van der Waals surface area (Å²) in [6, 6.07) is 5.30. The van der Waals surface area contributed by atoms with E-state index in [1.807, 2.05) is 0 Å². The van der Waals surface area contributed by atoms with Crippen LogP contribution in [-0.2, 0) is 6.18 Å². The molecule has 1 aliphatic carbocycles. The third-order valence-electron chi connectivity index (χ3n) is 4.90. The zero-order chi connectivity index (χ0) is 19.9. The average Bonchev–Trinajstić information content (AvgIpc) is 3.16. The second-order valence-corrected chi connectivity index (χ2v) is 6.77. The summed E-state index contributed by atoms with van der Waals surface area (Å²) in [5.41, 5.74) is -1.02. The number of hydrogen-bond donors (Lipinski definition) is 1. The predicted molar refractivity (Wildman–Crippen MR) is 96.0 cm³/mol. The van der Waals surface area contributed by atoms with Gasteiger partial charge in [-0.1, -0.05) is 12.8 Å². The third-order valence-corrected chi connectivity index (χ3v) is 4.90. The van der Waals surface area contributed by atoms with Crippen LogP contribution in [0, 0.1) is 5.82 Å². The van der Waals surface area contributed by atoms with Gasteiger partial charge in [0.2, 0.25) is 5.95 Å². The lowest BCUT2D eigenvalue weighted by Crippen LogP contribution is -2.23. The van der Waals surface area contributed by atoms with Gasteiger partial charge in [0.25, 0.3) is 5.56 Å². The molecule has 1 N–H and O–H groups in total. The number of fused-ring (bicyclic) bond motifs is 1. The fraction of sp³-hybridized carbons (Fsp3) is 0.316. The zero-order valence-electron chi connectivity index (χ0n) is 14.6. The molecule has 0 spiro atoms. The first-order chi connectivity index (χ1) is 13.3. The van der Waals surface area contributed by atoms with Crippen molar-refractivity contribution in [2.75, 3.05) is 5.32 Å². The molecule has 0 aliphatic heterocycles.